The van der Waals surface area contributed by atoms with Crippen molar-refractivity contribution in [2.45, 2.75) is 19.4 Å². The third kappa shape index (κ3) is 4.42. The molecule has 0 aliphatic carbocycles. The van der Waals surface area contributed by atoms with Crippen molar-refractivity contribution in [2.75, 3.05) is 0 Å². The molecule has 0 atom stereocenters. The van der Waals surface area contributed by atoms with Crippen LogP contribution in [0.3, 0.4) is 0 Å². The maximum absolute atomic E-state index is 12.5. The molecule has 2 aliphatic rings. The first-order valence-electron chi connectivity index (χ1n) is 9.63. The Morgan fingerprint density at radius 3 is 1.70 bits per heavy atom. The number of benzene rings is 3. The molecule has 1 spiro atoms. The van der Waals surface area contributed by atoms with Gasteiger partial charge in [0.25, 0.3) is 11.9 Å². The molecule has 33 heavy (non-hydrogen) atoms. The highest BCUT2D eigenvalue weighted by Gasteiger charge is 2.53. The molecule has 0 amide bonds. The van der Waals surface area contributed by atoms with Gasteiger partial charge in [0.05, 0.1) is 5.56 Å². The third-order valence-corrected chi connectivity index (χ3v) is 4.68. The van der Waals surface area contributed by atoms with Crippen molar-refractivity contribution in [3.8, 4) is 23.0 Å². The molecule has 0 fully saturated rings. The standard InChI is InChI=1S/C20H12O5.2C2H4O2/c21-11-5-7-15-17(9-11)24-18-10-12(22)6-8-16(18)20(15)14-4-2-1-3-13(14)19(23)25-20;2*1-2(3)4/h1-10,21-22H;2*1H3,(H,3,4). The predicted molar refractivity (Wildman–Crippen MR) is 115 cm³/mol. The van der Waals surface area contributed by atoms with Crippen LogP contribution in [0.5, 0.6) is 23.0 Å². The van der Waals surface area contributed by atoms with E-state index in [-0.39, 0.29) is 11.5 Å². The first kappa shape index (κ1) is 23.1. The Balaban J connectivity index is 0.000000335. The molecule has 5 rings (SSSR count). The van der Waals surface area contributed by atoms with Gasteiger partial charge in [-0.3, -0.25) is 9.59 Å². The van der Waals surface area contributed by atoms with E-state index in [0.717, 1.165) is 13.8 Å². The van der Waals surface area contributed by atoms with Gasteiger partial charge in [0.1, 0.15) is 23.0 Å². The highest BCUT2D eigenvalue weighted by Crippen LogP contribution is 2.56. The van der Waals surface area contributed by atoms with Gasteiger partial charge in [-0.15, -0.1) is 0 Å². The highest BCUT2D eigenvalue weighted by molar-refractivity contribution is 5.97. The zero-order valence-electron chi connectivity index (χ0n) is 17.6. The molecule has 0 aromatic heterocycles. The number of carboxylic acids is 2. The maximum Gasteiger partial charge on any atom is 0.340 e. The number of hydrogen-bond donors (Lipinski definition) is 4. The minimum Gasteiger partial charge on any atom is -0.508 e. The molecule has 0 saturated carbocycles. The van der Waals surface area contributed by atoms with Gasteiger partial charge in [-0.1, -0.05) is 18.2 Å². The number of esters is 1. The van der Waals surface area contributed by atoms with Crippen LogP contribution in [-0.4, -0.2) is 38.3 Å². The van der Waals surface area contributed by atoms with Gasteiger partial charge in [0.15, 0.2) is 5.60 Å². The van der Waals surface area contributed by atoms with E-state index in [1.165, 1.54) is 24.3 Å². The highest BCUT2D eigenvalue weighted by atomic mass is 16.6. The third-order valence-electron chi connectivity index (χ3n) is 4.68. The maximum atomic E-state index is 12.5. The van der Waals surface area contributed by atoms with Crippen molar-refractivity contribution >= 4 is 17.9 Å². The Kier molecular flexibility index (Phi) is 6.25. The molecular formula is C24H20O9. The number of carbonyl (C=O) groups is 3. The van der Waals surface area contributed by atoms with Gasteiger partial charge < -0.3 is 29.9 Å². The number of ether oxygens (including phenoxy) is 2. The Morgan fingerprint density at radius 2 is 1.21 bits per heavy atom. The molecule has 0 radical (unpaired) electrons. The molecule has 0 bridgehead atoms. The fourth-order valence-electron chi connectivity index (χ4n) is 3.65. The largest absolute Gasteiger partial charge is 0.508 e. The summed E-state index contributed by atoms with van der Waals surface area (Å²) in [7, 11) is 0. The number of phenolic OH excluding ortho intramolecular Hbond substituents is 2. The van der Waals surface area contributed by atoms with Crippen molar-refractivity contribution in [3.05, 3.63) is 82.9 Å². The first-order chi connectivity index (χ1) is 15.6. The molecule has 3 aromatic carbocycles. The van der Waals surface area contributed by atoms with Crippen molar-refractivity contribution in [3.63, 3.8) is 0 Å². The molecule has 2 aliphatic heterocycles. The number of hydrogen-bond acceptors (Lipinski definition) is 7. The molecule has 4 N–H and O–H groups in total. The van der Waals surface area contributed by atoms with E-state index in [4.69, 9.17) is 29.3 Å². The number of fused-ring (bicyclic) bond motifs is 6. The van der Waals surface area contributed by atoms with Crippen LogP contribution in [-0.2, 0) is 19.9 Å². The van der Waals surface area contributed by atoms with Gasteiger partial charge in [0, 0.05) is 42.7 Å². The topological polar surface area (TPSA) is 151 Å². The predicted octanol–water partition coefficient (Wildman–Crippen LogP) is 3.85. The van der Waals surface area contributed by atoms with Gasteiger partial charge in [-0.05, 0) is 30.3 Å². The quantitative estimate of drug-likeness (QED) is 0.373. The second-order valence-corrected chi connectivity index (χ2v) is 7.12. The number of carbonyl (C=O) groups excluding carboxylic acids is 1. The van der Waals surface area contributed by atoms with Crippen LogP contribution >= 0.6 is 0 Å². The van der Waals surface area contributed by atoms with Crippen LogP contribution in [0.25, 0.3) is 0 Å². The first-order valence-corrected chi connectivity index (χ1v) is 9.63. The zero-order chi connectivity index (χ0) is 24.3. The monoisotopic (exact) mass is 452 g/mol. The second-order valence-electron chi connectivity index (χ2n) is 7.12. The van der Waals surface area contributed by atoms with E-state index in [9.17, 15) is 15.0 Å². The lowest BCUT2D eigenvalue weighted by Gasteiger charge is -2.36. The normalized spacial score (nSPS) is 13.5. The van der Waals surface area contributed by atoms with E-state index < -0.39 is 23.5 Å². The minimum atomic E-state index is -1.17. The SMILES string of the molecule is CC(=O)O.CC(=O)O.O=C1OC2(c3ccc(O)cc3Oc3cc(O)ccc32)c2ccccc21. The molecule has 9 nitrogen and oxygen atoms in total. The summed E-state index contributed by atoms with van der Waals surface area (Å²) in [5.74, 6) is -1.26. The summed E-state index contributed by atoms with van der Waals surface area (Å²) < 4.78 is 11.8. The van der Waals surface area contributed by atoms with Crippen LogP contribution in [0.15, 0.2) is 60.7 Å². The van der Waals surface area contributed by atoms with E-state index in [1.54, 1.807) is 24.3 Å². The Morgan fingerprint density at radius 1 is 0.758 bits per heavy atom. The molecule has 9 heteroatoms. The van der Waals surface area contributed by atoms with Gasteiger partial charge >= 0.3 is 5.97 Å². The van der Waals surface area contributed by atoms with Gasteiger partial charge in [-0.2, -0.15) is 0 Å². The van der Waals surface area contributed by atoms with E-state index >= 15 is 0 Å². The number of aromatic hydroxyl groups is 2. The van der Waals surface area contributed by atoms with Crippen LogP contribution in [0.2, 0.25) is 0 Å². The van der Waals surface area contributed by atoms with Crippen LogP contribution in [0.4, 0.5) is 0 Å². The van der Waals surface area contributed by atoms with E-state index in [2.05, 4.69) is 0 Å². The fourth-order valence-corrected chi connectivity index (χ4v) is 3.65. The zero-order valence-corrected chi connectivity index (χ0v) is 17.6. The summed E-state index contributed by atoms with van der Waals surface area (Å²) in [6.45, 7) is 2.17. The van der Waals surface area contributed by atoms with Crippen LogP contribution in [0.1, 0.15) is 40.9 Å². The minimum absolute atomic E-state index is 0.0371. The van der Waals surface area contributed by atoms with E-state index in [0.29, 0.717) is 33.8 Å². The second kappa shape index (κ2) is 8.91. The van der Waals surface area contributed by atoms with Gasteiger partial charge in [0.2, 0.25) is 0 Å². The summed E-state index contributed by atoms with van der Waals surface area (Å²) in [6, 6.07) is 16.6. The van der Waals surface area contributed by atoms with Crippen molar-refractivity contribution in [1.29, 1.82) is 0 Å². The average molecular weight is 452 g/mol. The van der Waals surface area contributed by atoms with Crippen LogP contribution in [0, 0.1) is 0 Å². The summed E-state index contributed by atoms with van der Waals surface area (Å²) in [6.07, 6.45) is 0. The van der Waals surface area contributed by atoms with Gasteiger partial charge in [-0.25, -0.2) is 4.79 Å². The van der Waals surface area contributed by atoms with Crippen molar-refractivity contribution in [1.82, 2.24) is 0 Å². The lowest BCUT2D eigenvalue weighted by atomic mass is 9.77. The summed E-state index contributed by atoms with van der Waals surface area (Å²) in [5, 5.41) is 34.5. The summed E-state index contributed by atoms with van der Waals surface area (Å²) >= 11 is 0. The molecular weight excluding hydrogens is 432 g/mol. The summed E-state index contributed by atoms with van der Waals surface area (Å²) in [4.78, 5) is 30.5. The summed E-state index contributed by atoms with van der Waals surface area (Å²) in [5.41, 5.74) is 1.28. The number of rotatable bonds is 0. The Labute approximate surface area is 188 Å². The molecule has 2 heterocycles. The van der Waals surface area contributed by atoms with Crippen molar-refractivity contribution in [2.24, 2.45) is 0 Å². The van der Waals surface area contributed by atoms with Crippen molar-refractivity contribution < 1.29 is 44.3 Å². The molecule has 0 unspecified atom stereocenters. The lowest BCUT2D eigenvalue weighted by molar-refractivity contribution is -0.135. The van der Waals surface area contributed by atoms with Crippen LogP contribution < -0.4 is 4.74 Å². The van der Waals surface area contributed by atoms with E-state index in [1.807, 2.05) is 12.1 Å². The Hall–Kier alpha value is -4.53. The number of carboxylic acid groups (broad SMARTS) is 2. The smallest absolute Gasteiger partial charge is 0.340 e. The fraction of sp³-hybridized carbons (Fsp3) is 0.125. The average Bonchev–Trinajstić information content (AvgIpc) is 3.00. The molecule has 0 saturated heterocycles. The Bertz CT molecular complexity index is 1170. The molecule has 170 valence electrons. The number of phenols is 2. The molecule has 3 aromatic rings. The lowest BCUT2D eigenvalue weighted by Crippen LogP contribution is -2.32. The number of aliphatic carboxylic acids is 2.